The van der Waals surface area contributed by atoms with Crippen LogP contribution in [0.2, 0.25) is 0 Å². The maximum atomic E-state index is 6.38. The standard InChI is InChI=1S/C17H25NO2/c1-19-11-12-20-17-10-6-5-9-15(17)16(18)13-14-7-3-2-4-8-14/h5-7,9-10,16H,2-4,8,11-13,18H2,1H3. The second kappa shape index (κ2) is 8.08. The summed E-state index contributed by atoms with van der Waals surface area (Å²) in [4.78, 5) is 0. The van der Waals surface area contributed by atoms with E-state index in [-0.39, 0.29) is 6.04 Å². The Morgan fingerprint density at radius 2 is 2.05 bits per heavy atom. The summed E-state index contributed by atoms with van der Waals surface area (Å²) in [5.74, 6) is 0.883. The third kappa shape index (κ3) is 4.36. The number of hydrogen-bond acceptors (Lipinski definition) is 3. The van der Waals surface area contributed by atoms with Gasteiger partial charge >= 0.3 is 0 Å². The Balaban J connectivity index is 2.00. The molecule has 1 atom stereocenters. The molecule has 1 aliphatic carbocycles. The third-order valence-corrected chi connectivity index (χ3v) is 3.73. The van der Waals surface area contributed by atoms with Crippen LogP contribution in [0.15, 0.2) is 35.9 Å². The van der Waals surface area contributed by atoms with Crippen molar-refractivity contribution in [1.82, 2.24) is 0 Å². The highest BCUT2D eigenvalue weighted by atomic mass is 16.5. The normalized spacial score (nSPS) is 16.6. The Labute approximate surface area is 121 Å². The smallest absolute Gasteiger partial charge is 0.124 e. The molecule has 0 spiro atoms. The number of rotatable bonds is 7. The number of benzene rings is 1. The summed E-state index contributed by atoms with van der Waals surface area (Å²) in [6.45, 7) is 1.15. The first-order valence-electron chi connectivity index (χ1n) is 7.45. The average Bonchev–Trinajstić information content (AvgIpc) is 2.49. The van der Waals surface area contributed by atoms with Crippen LogP contribution in [0.4, 0.5) is 0 Å². The van der Waals surface area contributed by atoms with Crippen molar-refractivity contribution in [3.8, 4) is 5.75 Å². The molecule has 0 amide bonds. The van der Waals surface area contributed by atoms with E-state index in [9.17, 15) is 0 Å². The molecular formula is C17H25NO2. The first-order chi connectivity index (χ1) is 9.81. The topological polar surface area (TPSA) is 44.5 Å². The van der Waals surface area contributed by atoms with Crippen LogP contribution in [0.1, 0.15) is 43.7 Å². The molecule has 3 heteroatoms. The van der Waals surface area contributed by atoms with Crippen molar-refractivity contribution in [3.05, 3.63) is 41.5 Å². The minimum Gasteiger partial charge on any atom is -0.491 e. The van der Waals surface area contributed by atoms with Crippen LogP contribution in [-0.4, -0.2) is 20.3 Å². The SMILES string of the molecule is COCCOc1ccccc1C(N)CC1=CCCCC1. The van der Waals surface area contributed by atoms with Gasteiger partial charge in [-0.1, -0.05) is 29.8 Å². The summed E-state index contributed by atoms with van der Waals surface area (Å²) in [5.41, 5.74) is 8.97. The summed E-state index contributed by atoms with van der Waals surface area (Å²) < 4.78 is 10.8. The van der Waals surface area contributed by atoms with Gasteiger partial charge in [0.2, 0.25) is 0 Å². The van der Waals surface area contributed by atoms with Crippen molar-refractivity contribution in [3.63, 3.8) is 0 Å². The van der Waals surface area contributed by atoms with Crippen LogP contribution in [0.3, 0.4) is 0 Å². The number of ether oxygens (including phenoxy) is 2. The number of para-hydroxylation sites is 1. The lowest BCUT2D eigenvalue weighted by Crippen LogP contribution is -2.14. The molecule has 1 aliphatic rings. The van der Waals surface area contributed by atoms with Gasteiger partial charge in [0.1, 0.15) is 12.4 Å². The molecule has 0 saturated carbocycles. The van der Waals surface area contributed by atoms with Crippen molar-refractivity contribution < 1.29 is 9.47 Å². The molecule has 1 aromatic rings. The van der Waals surface area contributed by atoms with Crippen LogP contribution >= 0.6 is 0 Å². The van der Waals surface area contributed by atoms with Crippen molar-refractivity contribution in [1.29, 1.82) is 0 Å². The monoisotopic (exact) mass is 275 g/mol. The summed E-state index contributed by atoms with van der Waals surface area (Å²) in [6, 6.07) is 8.07. The highest BCUT2D eigenvalue weighted by Crippen LogP contribution is 2.30. The van der Waals surface area contributed by atoms with Crippen molar-refractivity contribution in [2.75, 3.05) is 20.3 Å². The summed E-state index contributed by atoms with van der Waals surface area (Å²) in [5, 5.41) is 0. The zero-order valence-corrected chi connectivity index (χ0v) is 12.3. The van der Waals surface area contributed by atoms with Gasteiger partial charge in [-0.15, -0.1) is 0 Å². The molecule has 0 saturated heterocycles. The molecule has 2 N–H and O–H groups in total. The average molecular weight is 275 g/mol. The fourth-order valence-electron chi connectivity index (χ4n) is 2.64. The number of allylic oxidation sites excluding steroid dienone is 1. The minimum atomic E-state index is 0.0121. The molecular weight excluding hydrogens is 250 g/mol. The van der Waals surface area contributed by atoms with E-state index < -0.39 is 0 Å². The fraction of sp³-hybridized carbons (Fsp3) is 0.529. The van der Waals surface area contributed by atoms with Crippen LogP contribution in [0, 0.1) is 0 Å². The zero-order valence-electron chi connectivity index (χ0n) is 12.3. The highest BCUT2D eigenvalue weighted by Gasteiger charge is 2.14. The van der Waals surface area contributed by atoms with Crippen LogP contribution in [0.5, 0.6) is 5.75 Å². The van der Waals surface area contributed by atoms with Crippen LogP contribution in [0.25, 0.3) is 0 Å². The third-order valence-electron chi connectivity index (χ3n) is 3.73. The van der Waals surface area contributed by atoms with E-state index in [4.69, 9.17) is 15.2 Å². The molecule has 0 aromatic heterocycles. The number of hydrogen-bond donors (Lipinski definition) is 1. The van der Waals surface area contributed by atoms with Gasteiger partial charge in [-0.25, -0.2) is 0 Å². The second-order valence-corrected chi connectivity index (χ2v) is 5.30. The molecule has 0 bridgehead atoms. The molecule has 20 heavy (non-hydrogen) atoms. The lowest BCUT2D eigenvalue weighted by molar-refractivity contribution is 0.145. The minimum absolute atomic E-state index is 0.0121. The Morgan fingerprint density at radius 1 is 1.20 bits per heavy atom. The van der Waals surface area contributed by atoms with Crippen LogP contribution < -0.4 is 10.5 Å². The van der Waals surface area contributed by atoms with Gasteiger partial charge in [0.05, 0.1) is 6.61 Å². The maximum Gasteiger partial charge on any atom is 0.124 e. The predicted octanol–water partition coefficient (Wildman–Crippen LogP) is 3.60. The summed E-state index contributed by atoms with van der Waals surface area (Å²) >= 11 is 0. The van der Waals surface area contributed by atoms with Gasteiger partial charge in [0, 0.05) is 18.7 Å². The number of methoxy groups -OCH3 is 1. The van der Waals surface area contributed by atoms with E-state index in [2.05, 4.69) is 12.1 Å². The Morgan fingerprint density at radius 3 is 2.80 bits per heavy atom. The van der Waals surface area contributed by atoms with Gasteiger partial charge in [-0.05, 0) is 38.2 Å². The number of nitrogens with two attached hydrogens (primary N) is 1. The fourth-order valence-corrected chi connectivity index (χ4v) is 2.64. The lowest BCUT2D eigenvalue weighted by atomic mass is 9.92. The van der Waals surface area contributed by atoms with Gasteiger partial charge in [0.25, 0.3) is 0 Å². The van der Waals surface area contributed by atoms with Gasteiger partial charge in [0.15, 0.2) is 0 Å². The molecule has 3 nitrogen and oxygen atoms in total. The molecule has 0 aliphatic heterocycles. The molecule has 1 unspecified atom stereocenters. The first kappa shape index (κ1) is 15.1. The largest absolute Gasteiger partial charge is 0.491 e. The van der Waals surface area contributed by atoms with E-state index in [1.54, 1.807) is 7.11 Å². The Hall–Kier alpha value is -1.32. The molecule has 0 heterocycles. The molecule has 0 radical (unpaired) electrons. The molecule has 1 aromatic carbocycles. The van der Waals surface area contributed by atoms with E-state index in [1.165, 1.54) is 31.3 Å². The highest BCUT2D eigenvalue weighted by molar-refractivity contribution is 5.36. The van der Waals surface area contributed by atoms with Gasteiger partial charge in [-0.2, -0.15) is 0 Å². The molecule has 110 valence electrons. The zero-order chi connectivity index (χ0) is 14.2. The first-order valence-corrected chi connectivity index (χ1v) is 7.45. The van der Waals surface area contributed by atoms with Crippen molar-refractivity contribution >= 4 is 0 Å². The van der Waals surface area contributed by atoms with E-state index in [1.807, 2.05) is 18.2 Å². The molecule has 0 fully saturated rings. The Kier molecular flexibility index (Phi) is 6.09. The van der Waals surface area contributed by atoms with Gasteiger partial charge in [-0.3, -0.25) is 0 Å². The van der Waals surface area contributed by atoms with Crippen LogP contribution in [-0.2, 0) is 4.74 Å². The quantitative estimate of drug-likeness (QED) is 0.611. The lowest BCUT2D eigenvalue weighted by Gasteiger charge is -2.20. The second-order valence-electron chi connectivity index (χ2n) is 5.30. The van der Waals surface area contributed by atoms with E-state index in [0.717, 1.165) is 17.7 Å². The van der Waals surface area contributed by atoms with Crippen molar-refractivity contribution in [2.45, 2.75) is 38.1 Å². The summed E-state index contributed by atoms with van der Waals surface area (Å²) in [6.07, 6.45) is 8.30. The summed E-state index contributed by atoms with van der Waals surface area (Å²) in [7, 11) is 1.68. The predicted molar refractivity (Wildman–Crippen MR) is 81.9 cm³/mol. The molecule has 2 rings (SSSR count). The maximum absolute atomic E-state index is 6.38. The van der Waals surface area contributed by atoms with E-state index in [0.29, 0.717) is 13.2 Å². The van der Waals surface area contributed by atoms with Crippen molar-refractivity contribution in [2.24, 2.45) is 5.73 Å². The van der Waals surface area contributed by atoms with Gasteiger partial charge < -0.3 is 15.2 Å². The van der Waals surface area contributed by atoms with E-state index >= 15 is 0 Å². The Bertz CT molecular complexity index is 442.